The van der Waals surface area contributed by atoms with Gasteiger partial charge < -0.3 is 9.15 Å². The molecule has 0 N–H and O–H groups in total. The van der Waals surface area contributed by atoms with Crippen molar-refractivity contribution in [1.29, 1.82) is 0 Å². The summed E-state index contributed by atoms with van der Waals surface area (Å²) in [5, 5.41) is 0.568. The molecule has 0 bridgehead atoms. The van der Waals surface area contributed by atoms with Crippen molar-refractivity contribution < 1.29 is 9.15 Å². The Morgan fingerprint density at radius 3 is 2.54 bits per heavy atom. The normalized spacial score (nSPS) is 12.2. The van der Waals surface area contributed by atoms with Crippen LogP contribution in [0.5, 0.6) is 5.95 Å². The van der Waals surface area contributed by atoms with E-state index in [1.807, 2.05) is 12.1 Å². The van der Waals surface area contributed by atoms with E-state index in [9.17, 15) is 4.79 Å². The molecule has 4 heteroatoms. The zero-order valence-electron chi connectivity index (χ0n) is 13.5. The predicted octanol–water partition coefficient (Wildman–Crippen LogP) is 5.13. The van der Waals surface area contributed by atoms with Gasteiger partial charge in [-0.3, -0.25) is 4.79 Å². The van der Waals surface area contributed by atoms with Gasteiger partial charge in [-0.05, 0) is 36.1 Å². The smallest absolute Gasteiger partial charge is 0.289 e. The van der Waals surface area contributed by atoms with Gasteiger partial charge in [-0.25, -0.2) is 0 Å². The molecule has 0 fully saturated rings. The zero-order valence-corrected chi connectivity index (χ0v) is 15.7. The summed E-state index contributed by atoms with van der Waals surface area (Å²) in [4.78, 5) is 12.0. The molecule has 0 saturated heterocycles. The summed E-state index contributed by atoms with van der Waals surface area (Å²) in [6, 6.07) is 17.0. The summed E-state index contributed by atoms with van der Waals surface area (Å²) in [7, 11) is 0. The van der Waals surface area contributed by atoms with Gasteiger partial charge in [0.2, 0.25) is 0 Å². The summed E-state index contributed by atoms with van der Waals surface area (Å²) >= 11 is 2.45. The van der Waals surface area contributed by atoms with E-state index in [-0.39, 0.29) is 11.4 Å². The summed E-state index contributed by atoms with van der Waals surface area (Å²) in [6.45, 7) is 2.60. The average molecular weight is 434 g/mol. The van der Waals surface area contributed by atoms with Crippen molar-refractivity contribution in [2.75, 3.05) is 0 Å². The molecular formula is C20H19IO3. The first kappa shape index (κ1) is 17.0. The Morgan fingerprint density at radius 2 is 1.79 bits per heavy atom. The number of ether oxygens (including phenoxy) is 1. The molecule has 0 spiro atoms. The van der Waals surface area contributed by atoms with E-state index < -0.39 is 0 Å². The molecule has 0 aliphatic carbocycles. The third-order valence-electron chi connectivity index (χ3n) is 3.85. The molecule has 2 aromatic carbocycles. The molecule has 0 amide bonds. The Hall–Kier alpha value is -1.82. The Balaban J connectivity index is 1.66. The second-order valence-electron chi connectivity index (χ2n) is 5.85. The Labute approximate surface area is 154 Å². The van der Waals surface area contributed by atoms with E-state index in [0.717, 1.165) is 12.0 Å². The first-order chi connectivity index (χ1) is 11.6. The minimum atomic E-state index is -0.0879. The molecular weight excluding hydrogens is 415 g/mol. The lowest BCUT2D eigenvalue weighted by Crippen LogP contribution is -2.03. The van der Waals surface area contributed by atoms with Gasteiger partial charge in [0.15, 0.2) is 5.43 Å². The molecule has 1 aromatic heterocycles. The van der Waals surface area contributed by atoms with Crippen molar-refractivity contribution in [2.24, 2.45) is 0 Å². The molecule has 0 aliphatic heterocycles. The average Bonchev–Trinajstić information content (AvgIpc) is 2.59. The van der Waals surface area contributed by atoms with Crippen molar-refractivity contribution >= 4 is 33.6 Å². The highest BCUT2D eigenvalue weighted by Crippen LogP contribution is 2.18. The number of alkyl halides is 1. The quantitative estimate of drug-likeness (QED) is 0.399. The van der Waals surface area contributed by atoms with E-state index in [4.69, 9.17) is 9.15 Å². The maximum Gasteiger partial charge on any atom is 0.289 e. The molecule has 3 rings (SSSR count). The van der Waals surface area contributed by atoms with Crippen molar-refractivity contribution in [3.8, 4) is 5.95 Å². The van der Waals surface area contributed by atoms with Gasteiger partial charge in [0.1, 0.15) is 12.2 Å². The zero-order chi connectivity index (χ0) is 16.9. The standard InChI is InChI=1S/C20H19IO3/c1-14(21)6-7-15-8-10-16(11-9-15)13-23-20-12-18(22)17-4-2-3-5-19(17)24-20/h2-5,8-12,14H,6-7,13H2,1H3. The van der Waals surface area contributed by atoms with Gasteiger partial charge in [-0.1, -0.05) is 65.9 Å². The fourth-order valence-electron chi connectivity index (χ4n) is 2.48. The molecule has 1 heterocycles. The van der Waals surface area contributed by atoms with Crippen LogP contribution in [0.4, 0.5) is 0 Å². The molecule has 0 radical (unpaired) electrons. The Kier molecular flexibility index (Phi) is 5.56. The highest BCUT2D eigenvalue weighted by molar-refractivity contribution is 14.1. The van der Waals surface area contributed by atoms with Crippen LogP contribution >= 0.6 is 22.6 Å². The number of benzene rings is 2. The van der Waals surface area contributed by atoms with E-state index in [0.29, 0.717) is 21.5 Å². The lowest BCUT2D eigenvalue weighted by Gasteiger charge is -2.07. The van der Waals surface area contributed by atoms with Crippen LogP contribution in [-0.4, -0.2) is 3.92 Å². The molecule has 1 unspecified atom stereocenters. The van der Waals surface area contributed by atoms with Gasteiger partial charge in [0.25, 0.3) is 5.95 Å². The van der Waals surface area contributed by atoms with Crippen LogP contribution in [0.2, 0.25) is 0 Å². The number of hydrogen-bond acceptors (Lipinski definition) is 3. The van der Waals surface area contributed by atoms with Crippen LogP contribution in [0, 0.1) is 0 Å². The van der Waals surface area contributed by atoms with Gasteiger partial charge in [0, 0.05) is 3.92 Å². The van der Waals surface area contributed by atoms with Crippen LogP contribution in [0.15, 0.2) is 63.8 Å². The van der Waals surface area contributed by atoms with Crippen molar-refractivity contribution in [3.63, 3.8) is 0 Å². The Bertz CT molecular complexity index is 866. The van der Waals surface area contributed by atoms with Gasteiger partial charge in [-0.15, -0.1) is 0 Å². The van der Waals surface area contributed by atoms with E-state index in [1.165, 1.54) is 18.1 Å². The van der Waals surface area contributed by atoms with Crippen LogP contribution in [0.25, 0.3) is 11.0 Å². The highest BCUT2D eigenvalue weighted by atomic mass is 127. The number of fused-ring (bicyclic) bond motifs is 1. The highest BCUT2D eigenvalue weighted by Gasteiger charge is 2.05. The summed E-state index contributed by atoms with van der Waals surface area (Å²) in [5.41, 5.74) is 2.84. The lowest BCUT2D eigenvalue weighted by atomic mass is 10.1. The number of rotatable bonds is 6. The number of halogens is 1. The second kappa shape index (κ2) is 7.83. The summed E-state index contributed by atoms with van der Waals surface area (Å²) < 4.78 is 12.0. The van der Waals surface area contributed by atoms with Gasteiger partial charge >= 0.3 is 0 Å². The maximum atomic E-state index is 12.0. The summed E-state index contributed by atoms with van der Waals surface area (Å²) in [5.74, 6) is 0.251. The first-order valence-corrected chi connectivity index (χ1v) is 9.24. The SMILES string of the molecule is CC(I)CCc1ccc(COc2cc(=O)c3ccccc3o2)cc1. The largest absolute Gasteiger partial charge is 0.460 e. The Morgan fingerprint density at radius 1 is 1.08 bits per heavy atom. The fourth-order valence-corrected chi connectivity index (χ4v) is 2.79. The monoisotopic (exact) mass is 434 g/mol. The number of hydrogen-bond donors (Lipinski definition) is 0. The lowest BCUT2D eigenvalue weighted by molar-refractivity contribution is 0.235. The van der Waals surface area contributed by atoms with E-state index >= 15 is 0 Å². The van der Waals surface area contributed by atoms with E-state index in [1.54, 1.807) is 12.1 Å². The molecule has 124 valence electrons. The van der Waals surface area contributed by atoms with E-state index in [2.05, 4.69) is 53.8 Å². The molecule has 3 aromatic rings. The minimum Gasteiger partial charge on any atom is -0.460 e. The molecule has 3 nitrogen and oxygen atoms in total. The third kappa shape index (κ3) is 4.38. The first-order valence-electron chi connectivity index (χ1n) is 7.99. The minimum absolute atomic E-state index is 0.0879. The van der Waals surface area contributed by atoms with Crippen LogP contribution in [-0.2, 0) is 13.0 Å². The number of para-hydroxylation sites is 1. The van der Waals surface area contributed by atoms with Gasteiger partial charge in [-0.2, -0.15) is 0 Å². The topological polar surface area (TPSA) is 39.4 Å². The van der Waals surface area contributed by atoms with Crippen molar-refractivity contribution in [1.82, 2.24) is 0 Å². The van der Waals surface area contributed by atoms with Crippen LogP contribution in [0.1, 0.15) is 24.5 Å². The molecule has 1 atom stereocenters. The van der Waals surface area contributed by atoms with Crippen molar-refractivity contribution in [2.45, 2.75) is 30.3 Å². The van der Waals surface area contributed by atoms with Gasteiger partial charge in [0.05, 0.1) is 11.5 Å². The third-order valence-corrected chi connectivity index (χ3v) is 4.47. The maximum absolute atomic E-state index is 12.0. The molecule has 0 saturated carbocycles. The second-order valence-corrected chi connectivity index (χ2v) is 7.98. The summed E-state index contributed by atoms with van der Waals surface area (Å²) in [6.07, 6.45) is 2.27. The van der Waals surface area contributed by atoms with Crippen molar-refractivity contribution in [3.05, 3.63) is 75.9 Å². The van der Waals surface area contributed by atoms with Crippen LogP contribution in [0.3, 0.4) is 0 Å². The fraction of sp³-hybridized carbons (Fsp3) is 0.250. The predicted molar refractivity (Wildman–Crippen MR) is 105 cm³/mol. The molecule has 0 aliphatic rings. The van der Waals surface area contributed by atoms with Crippen LogP contribution < -0.4 is 10.2 Å². The number of aryl methyl sites for hydroxylation is 1. The molecule has 24 heavy (non-hydrogen) atoms.